The standard InChI is InChI=1S/C42H75O11P/c1-3-5-7-9-11-12-13-14-15-16-19-23-27-31-41(45)49-35-38(36-51-54(47,48)50-34-37(44)33-43)52-42(46)32-28-24-20-17-18-22-26-30-40-39(53-40)29-25-21-10-8-6-4-2/h17,20-22,25-26,37-40,43-44H,3-16,18-19,23-24,27-36H2,1-2H3,(H,47,48)/b20-17-,25-21-,26-22-/t37-,38+,39?,40?/m0/s1. The zero-order chi connectivity index (χ0) is 39.5. The number of rotatable bonds is 38. The first-order valence-electron chi connectivity index (χ1n) is 21.1. The number of carbonyl (C=O) groups excluding carboxylic acids is 2. The molecule has 3 N–H and O–H groups in total. The normalized spacial score (nSPS) is 18.0. The van der Waals surface area contributed by atoms with E-state index in [-0.39, 0.29) is 19.4 Å². The Labute approximate surface area is 326 Å². The summed E-state index contributed by atoms with van der Waals surface area (Å²) >= 11 is 0. The maximum atomic E-state index is 12.6. The van der Waals surface area contributed by atoms with Gasteiger partial charge < -0.3 is 29.3 Å². The number of unbranched alkanes of at least 4 members (excludes halogenated alkanes) is 16. The van der Waals surface area contributed by atoms with Crippen LogP contribution >= 0.6 is 7.82 Å². The third-order valence-electron chi connectivity index (χ3n) is 9.20. The fourth-order valence-electron chi connectivity index (χ4n) is 5.79. The molecule has 0 radical (unpaired) electrons. The summed E-state index contributed by atoms with van der Waals surface area (Å²) in [6.45, 7) is 2.27. The van der Waals surface area contributed by atoms with Crippen molar-refractivity contribution >= 4 is 19.8 Å². The SMILES string of the molecule is CCCCC/C=C\CC1OC1C/C=C\C/C=C\CCCC(=O)O[C@H](COC(=O)CCCCCCCCCCCCCCC)COP(=O)(O)OC[C@@H](O)CO. The molecule has 1 heterocycles. The van der Waals surface area contributed by atoms with Gasteiger partial charge in [-0.1, -0.05) is 140 Å². The molecule has 0 saturated carbocycles. The van der Waals surface area contributed by atoms with Gasteiger partial charge in [-0.15, -0.1) is 0 Å². The fourth-order valence-corrected chi connectivity index (χ4v) is 6.58. The molecule has 12 heteroatoms. The highest BCUT2D eigenvalue weighted by molar-refractivity contribution is 7.47. The van der Waals surface area contributed by atoms with E-state index in [1.165, 1.54) is 77.0 Å². The molecule has 5 atom stereocenters. The summed E-state index contributed by atoms with van der Waals surface area (Å²) in [6.07, 6.45) is 35.7. The summed E-state index contributed by atoms with van der Waals surface area (Å²) in [5, 5.41) is 18.3. The van der Waals surface area contributed by atoms with Crippen LogP contribution in [0.1, 0.15) is 168 Å². The summed E-state index contributed by atoms with van der Waals surface area (Å²) in [6, 6.07) is 0. The van der Waals surface area contributed by atoms with Crippen LogP contribution in [0.5, 0.6) is 0 Å². The average Bonchev–Trinajstić information content (AvgIpc) is 3.92. The Morgan fingerprint density at radius 2 is 1.15 bits per heavy atom. The summed E-state index contributed by atoms with van der Waals surface area (Å²) < 4.78 is 38.4. The molecule has 54 heavy (non-hydrogen) atoms. The van der Waals surface area contributed by atoms with Crippen molar-refractivity contribution in [2.75, 3.05) is 26.4 Å². The monoisotopic (exact) mass is 787 g/mol. The average molecular weight is 787 g/mol. The lowest BCUT2D eigenvalue weighted by Crippen LogP contribution is -2.29. The molecule has 1 aliphatic rings. The lowest BCUT2D eigenvalue weighted by atomic mass is 10.0. The van der Waals surface area contributed by atoms with Gasteiger partial charge in [0.15, 0.2) is 6.10 Å². The predicted octanol–water partition coefficient (Wildman–Crippen LogP) is 9.77. The summed E-state index contributed by atoms with van der Waals surface area (Å²) in [7, 11) is -4.63. The molecule has 0 aromatic heterocycles. The van der Waals surface area contributed by atoms with E-state index < -0.39 is 51.8 Å². The quantitative estimate of drug-likeness (QED) is 0.0180. The van der Waals surface area contributed by atoms with E-state index in [4.69, 9.17) is 23.8 Å². The molecule has 3 unspecified atom stereocenters. The van der Waals surface area contributed by atoms with Gasteiger partial charge in [-0.05, 0) is 51.4 Å². The Balaban J connectivity index is 2.31. The minimum Gasteiger partial charge on any atom is -0.462 e. The van der Waals surface area contributed by atoms with Gasteiger partial charge in [0.25, 0.3) is 0 Å². The number of epoxide rings is 1. The molecule has 1 fully saturated rings. The van der Waals surface area contributed by atoms with Crippen LogP contribution in [-0.2, 0) is 37.4 Å². The molecule has 1 aliphatic heterocycles. The van der Waals surface area contributed by atoms with E-state index in [1.54, 1.807) is 0 Å². The van der Waals surface area contributed by atoms with E-state index in [2.05, 4.69) is 42.7 Å². The van der Waals surface area contributed by atoms with E-state index in [0.29, 0.717) is 31.5 Å². The van der Waals surface area contributed by atoms with Crippen LogP contribution in [0, 0.1) is 0 Å². The number of hydrogen-bond donors (Lipinski definition) is 3. The minimum absolute atomic E-state index is 0.104. The Kier molecular flexibility index (Phi) is 32.0. The first-order chi connectivity index (χ1) is 26.2. The number of aliphatic hydroxyl groups is 2. The van der Waals surface area contributed by atoms with Crippen LogP contribution in [0.4, 0.5) is 0 Å². The van der Waals surface area contributed by atoms with E-state index >= 15 is 0 Å². The second-order valence-corrected chi connectivity index (χ2v) is 15.9. The van der Waals surface area contributed by atoms with Crippen molar-refractivity contribution < 1.29 is 52.5 Å². The largest absolute Gasteiger partial charge is 0.472 e. The number of esters is 2. The van der Waals surface area contributed by atoms with Gasteiger partial charge >= 0.3 is 19.8 Å². The number of ether oxygens (including phenoxy) is 3. The number of allylic oxidation sites excluding steroid dienone is 4. The molecule has 314 valence electrons. The molecule has 0 aromatic carbocycles. The minimum atomic E-state index is -4.63. The second-order valence-electron chi connectivity index (χ2n) is 14.4. The van der Waals surface area contributed by atoms with Crippen molar-refractivity contribution in [3.8, 4) is 0 Å². The number of hydrogen-bond acceptors (Lipinski definition) is 10. The van der Waals surface area contributed by atoms with Crippen molar-refractivity contribution in [1.82, 2.24) is 0 Å². The summed E-state index contributed by atoms with van der Waals surface area (Å²) in [5.74, 6) is -0.994. The van der Waals surface area contributed by atoms with Crippen LogP contribution in [0.3, 0.4) is 0 Å². The van der Waals surface area contributed by atoms with E-state index in [1.807, 2.05) is 12.2 Å². The van der Waals surface area contributed by atoms with Crippen LogP contribution < -0.4 is 0 Å². The van der Waals surface area contributed by atoms with Crippen molar-refractivity contribution in [2.45, 2.75) is 192 Å². The smallest absolute Gasteiger partial charge is 0.462 e. The zero-order valence-corrected chi connectivity index (χ0v) is 34.5. The number of phosphoric acid groups is 1. The summed E-state index contributed by atoms with van der Waals surface area (Å²) in [4.78, 5) is 34.9. The molecule has 0 aromatic rings. The van der Waals surface area contributed by atoms with Gasteiger partial charge in [0.1, 0.15) is 12.7 Å². The molecule has 1 rings (SSSR count). The molecular formula is C42H75O11P. The molecule has 0 spiro atoms. The van der Waals surface area contributed by atoms with Gasteiger partial charge in [0, 0.05) is 12.8 Å². The molecular weight excluding hydrogens is 711 g/mol. The van der Waals surface area contributed by atoms with Gasteiger partial charge in [0.05, 0.1) is 32.0 Å². The summed E-state index contributed by atoms with van der Waals surface area (Å²) in [5.41, 5.74) is 0. The highest BCUT2D eigenvalue weighted by atomic mass is 31.2. The first kappa shape index (κ1) is 50.2. The highest BCUT2D eigenvalue weighted by Crippen LogP contribution is 2.43. The predicted molar refractivity (Wildman–Crippen MR) is 214 cm³/mol. The Morgan fingerprint density at radius 3 is 1.78 bits per heavy atom. The van der Waals surface area contributed by atoms with Gasteiger partial charge in [-0.3, -0.25) is 18.6 Å². The van der Waals surface area contributed by atoms with Gasteiger partial charge in [-0.2, -0.15) is 0 Å². The Morgan fingerprint density at radius 1 is 0.648 bits per heavy atom. The maximum absolute atomic E-state index is 12.6. The molecule has 0 amide bonds. The van der Waals surface area contributed by atoms with Crippen LogP contribution in [0.15, 0.2) is 36.5 Å². The zero-order valence-electron chi connectivity index (χ0n) is 33.6. The first-order valence-corrected chi connectivity index (χ1v) is 22.6. The molecule has 1 saturated heterocycles. The maximum Gasteiger partial charge on any atom is 0.472 e. The number of aliphatic hydroxyl groups excluding tert-OH is 2. The fraction of sp³-hybridized carbons (Fsp3) is 0.810. The third-order valence-corrected chi connectivity index (χ3v) is 10.2. The van der Waals surface area contributed by atoms with Crippen molar-refractivity contribution in [3.63, 3.8) is 0 Å². The second kappa shape index (κ2) is 34.4. The Bertz CT molecular complexity index is 1060. The lowest BCUT2D eigenvalue weighted by Gasteiger charge is -2.20. The van der Waals surface area contributed by atoms with Gasteiger partial charge in [0.2, 0.25) is 0 Å². The molecule has 0 aliphatic carbocycles. The van der Waals surface area contributed by atoms with Crippen LogP contribution in [-0.4, -0.2) is 77.9 Å². The highest BCUT2D eigenvalue weighted by Gasteiger charge is 2.36. The van der Waals surface area contributed by atoms with Gasteiger partial charge in [-0.25, -0.2) is 4.57 Å². The number of carbonyl (C=O) groups is 2. The topological polar surface area (TPSA) is 161 Å². The van der Waals surface area contributed by atoms with Crippen molar-refractivity contribution in [2.24, 2.45) is 0 Å². The van der Waals surface area contributed by atoms with Crippen molar-refractivity contribution in [3.05, 3.63) is 36.5 Å². The van der Waals surface area contributed by atoms with Crippen molar-refractivity contribution in [1.29, 1.82) is 0 Å². The lowest BCUT2D eigenvalue weighted by molar-refractivity contribution is -0.161. The Hall–Kier alpha value is -1.85. The van der Waals surface area contributed by atoms with Crippen LogP contribution in [0.25, 0.3) is 0 Å². The molecule has 11 nitrogen and oxygen atoms in total. The van der Waals surface area contributed by atoms with Crippen LogP contribution in [0.2, 0.25) is 0 Å². The third kappa shape index (κ3) is 31.4. The molecule has 0 bridgehead atoms. The van der Waals surface area contributed by atoms with E-state index in [0.717, 1.165) is 44.9 Å². The van der Waals surface area contributed by atoms with E-state index in [9.17, 15) is 24.2 Å². The number of phosphoric ester groups is 1.